The first-order chi connectivity index (χ1) is 8.70. The molecule has 0 amide bonds. The molecule has 2 rings (SSSR count). The second-order valence-corrected chi connectivity index (χ2v) is 4.25. The third kappa shape index (κ3) is 2.76. The van der Waals surface area contributed by atoms with E-state index in [0.29, 0.717) is 18.4 Å². The first kappa shape index (κ1) is 12.3. The maximum Gasteiger partial charge on any atom is 0.108 e. The van der Waals surface area contributed by atoms with E-state index in [1.54, 1.807) is 24.4 Å². The van der Waals surface area contributed by atoms with Crippen LogP contribution < -0.4 is 0 Å². The third-order valence-corrected chi connectivity index (χ3v) is 2.96. The molecule has 2 aromatic rings. The summed E-state index contributed by atoms with van der Waals surface area (Å²) in [6.45, 7) is 0. The fourth-order valence-corrected chi connectivity index (χ4v) is 1.89. The minimum atomic E-state index is -0.560. The van der Waals surface area contributed by atoms with Gasteiger partial charge < -0.3 is 9.67 Å². The molecule has 0 saturated carbocycles. The molecule has 1 aromatic heterocycles. The van der Waals surface area contributed by atoms with Crippen molar-refractivity contribution >= 4 is 0 Å². The highest BCUT2D eigenvalue weighted by atomic mass is 16.3. The molecule has 1 unspecified atom stereocenters. The molecule has 1 heterocycles. The van der Waals surface area contributed by atoms with Gasteiger partial charge in [0.2, 0.25) is 0 Å². The second-order valence-electron chi connectivity index (χ2n) is 4.25. The molecule has 0 aliphatic heterocycles. The number of rotatable bonds is 4. The first-order valence-corrected chi connectivity index (χ1v) is 5.85. The van der Waals surface area contributed by atoms with Gasteiger partial charge >= 0.3 is 0 Å². The van der Waals surface area contributed by atoms with E-state index < -0.39 is 6.10 Å². The summed E-state index contributed by atoms with van der Waals surface area (Å²) < 4.78 is 1.94. The Morgan fingerprint density at radius 2 is 2.33 bits per heavy atom. The second kappa shape index (κ2) is 5.48. The summed E-state index contributed by atoms with van der Waals surface area (Å²) >= 11 is 0. The Balaban J connectivity index is 2.01. The van der Waals surface area contributed by atoms with Crippen molar-refractivity contribution in [2.45, 2.75) is 18.9 Å². The number of hydrogen-bond acceptors (Lipinski definition) is 3. The zero-order valence-corrected chi connectivity index (χ0v) is 10.2. The predicted octanol–water partition coefficient (Wildman–Crippen LogP) is 1.96. The minimum absolute atomic E-state index is 0.560. The molecule has 1 aromatic carbocycles. The molecule has 0 fully saturated rings. The average Bonchev–Trinajstić information content (AvgIpc) is 2.81. The van der Waals surface area contributed by atoms with E-state index in [1.807, 2.05) is 23.9 Å². The molecule has 0 aliphatic carbocycles. The molecule has 0 saturated heterocycles. The predicted molar refractivity (Wildman–Crippen MR) is 67.6 cm³/mol. The molecule has 92 valence electrons. The van der Waals surface area contributed by atoms with Crippen LogP contribution in [0.1, 0.15) is 29.5 Å². The lowest BCUT2D eigenvalue weighted by Crippen LogP contribution is -2.03. The maximum absolute atomic E-state index is 10.1. The highest BCUT2D eigenvalue weighted by molar-refractivity contribution is 5.33. The van der Waals surface area contributed by atoms with Crippen LogP contribution in [0.3, 0.4) is 0 Å². The summed E-state index contributed by atoms with van der Waals surface area (Å²) in [5.41, 5.74) is 1.35. The van der Waals surface area contributed by atoms with Crippen molar-refractivity contribution in [3.05, 3.63) is 53.6 Å². The molecule has 4 nitrogen and oxygen atoms in total. The Morgan fingerprint density at radius 1 is 1.50 bits per heavy atom. The van der Waals surface area contributed by atoms with Crippen molar-refractivity contribution in [2.24, 2.45) is 7.05 Å². The van der Waals surface area contributed by atoms with Crippen LogP contribution in [0, 0.1) is 11.3 Å². The topological polar surface area (TPSA) is 61.8 Å². The third-order valence-electron chi connectivity index (χ3n) is 2.96. The van der Waals surface area contributed by atoms with Gasteiger partial charge in [0, 0.05) is 25.9 Å². The molecule has 0 bridgehead atoms. The van der Waals surface area contributed by atoms with Crippen LogP contribution >= 0.6 is 0 Å². The van der Waals surface area contributed by atoms with E-state index in [-0.39, 0.29) is 0 Å². The van der Waals surface area contributed by atoms with Gasteiger partial charge in [-0.15, -0.1) is 0 Å². The molecular formula is C14H15N3O. The summed E-state index contributed by atoms with van der Waals surface area (Å²) in [4.78, 5) is 4.21. The number of imidazole rings is 1. The molecule has 0 radical (unpaired) electrons. The molecule has 1 atom stereocenters. The van der Waals surface area contributed by atoms with E-state index in [4.69, 9.17) is 5.26 Å². The lowest BCUT2D eigenvalue weighted by atomic mass is 10.0. The Morgan fingerprint density at radius 3 is 3.00 bits per heavy atom. The van der Waals surface area contributed by atoms with Crippen molar-refractivity contribution in [3.63, 3.8) is 0 Å². The van der Waals surface area contributed by atoms with Crippen LogP contribution in [0.5, 0.6) is 0 Å². The summed E-state index contributed by atoms with van der Waals surface area (Å²) in [5.74, 6) is 0.950. The molecule has 4 heteroatoms. The van der Waals surface area contributed by atoms with Gasteiger partial charge in [-0.1, -0.05) is 12.1 Å². The normalized spacial score (nSPS) is 12.1. The van der Waals surface area contributed by atoms with Crippen LogP contribution in [-0.2, 0) is 13.5 Å². The van der Waals surface area contributed by atoms with Gasteiger partial charge in [-0.2, -0.15) is 5.26 Å². The van der Waals surface area contributed by atoms with E-state index in [9.17, 15) is 5.11 Å². The largest absolute Gasteiger partial charge is 0.388 e. The maximum atomic E-state index is 10.1. The number of hydrogen-bond donors (Lipinski definition) is 1. The Bertz CT molecular complexity index is 568. The number of aliphatic hydroxyl groups is 1. The monoisotopic (exact) mass is 241 g/mol. The highest BCUT2D eigenvalue weighted by Crippen LogP contribution is 2.19. The van der Waals surface area contributed by atoms with Gasteiger partial charge in [0.05, 0.1) is 17.7 Å². The Hall–Kier alpha value is -2.12. The first-order valence-electron chi connectivity index (χ1n) is 5.85. The molecule has 1 N–H and O–H groups in total. The molecule has 18 heavy (non-hydrogen) atoms. The summed E-state index contributed by atoms with van der Waals surface area (Å²) in [6.07, 6.45) is 4.38. The quantitative estimate of drug-likeness (QED) is 0.890. The zero-order chi connectivity index (χ0) is 13.0. The molecule has 0 aliphatic rings. The van der Waals surface area contributed by atoms with Crippen LogP contribution in [0.4, 0.5) is 0 Å². The number of aliphatic hydroxyl groups excluding tert-OH is 1. The summed E-state index contributed by atoms with van der Waals surface area (Å²) in [5, 5.41) is 18.9. The van der Waals surface area contributed by atoms with Crippen molar-refractivity contribution in [1.29, 1.82) is 5.26 Å². The van der Waals surface area contributed by atoms with Gasteiger partial charge in [0.1, 0.15) is 5.82 Å². The van der Waals surface area contributed by atoms with Crippen LogP contribution in [0.2, 0.25) is 0 Å². The van der Waals surface area contributed by atoms with E-state index in [1.165, 1.54) is 0 Å². The van der Waals surface area contributed by atoms with Gasteiger partial charge in [-0.25, -0.2) is 4.98 Å². The smallest absolute Gasteiger partial charge is 0.108 e. The number of aromatic nitrogens is 2. The SMILES string of the molecule is Cn1ccnc1CCC(O)c1cccc(C#N)c1. The van der Waals surface area contributed by atoms with Gasteiger partial charge in [0.15, 0.2) is 0 Å². The van der Waals surface area contributed by atoms with Crippen molar-refractivity contribution < 1.29 is 5.11 Å². The molecular weight excluding hydrogens is 226 g/mol. The van der Waals surface area contributed by atoms with Gasteiger partial charge in [-0.3, -0.25) is 0 Å². The van der Waals surface area contributed by atoms with Gasteiger partial charge in [-0.05, 0) is 24.1 Å². The van der Waals surface area contributed by atoms with E-state index in [2.05, 4.69) is 11.1 Å². The van der Waals surface area contributed by atoms with Crippen molar-refractivity contribution in [1.82, 2.24) is 9.55 Å². The van der Waals surface area contributed by atoms with Crippen LogP contribution in [-0.4, -0.2) is 14.7 Å². The van der Waals surface area contributed by atoms with Crippen molar-refractivity contribution in [3.8, 4) is 6.07 Å². The standard InChI is InChI=1S/C14H15N3O/c1-17-8-7-16-14(17)6-5-13(18)12-4-2-3-11(9-12)10-15/h2-4,7-9,13,18H,5-6H2,1H3. The lowest BCUT2D eigenvalue weighted by Gasteiger charge is -2.11. The fraction of sp³-hybridized carbons (Fsp3) is 0.286. The van der Waals surface area contributed by atoms with E-state index in [0.717, 1.165) is 11.4 Å². The van der Waals surface area contributed by atoms with Crippen LogP contribution in [0.25, 0.3) is 0 Å². The molecule has 0 spiro atoms. The summed E-state index contributed by atoms with van der Waals surface area (Å²) in [6, 6.07) is 9.16. The number of benzene rings is 1. The van der Waals surface area contributed by atoms with E-state index >= 15 is 0 Å². The van der Waals surface area contributed by atoms with Gasteiger partial charge in [0.25, 0.3) is 0 Å². The average molecular weight is 241 g/mol. The van der Waals surface area contributed by atoms with Crippen molar-refractivity contribution in [2.75, 3.05) is 0 Å². The lowest BCUT2D eigenvalue weighted by molar-refractivity contribution is 0.167. The van der Waals surface area contributed by atoms with Crippen LogP contribution in [0.15, 0.2) is 36.7 Å². The minimum Gasteiger partial charge on any atom is -0.388 e. The Kier molecular flexibility index (Phi) is 3.75. The number of aryl methyl sites for hydroxylation is 2. The number of nitriles is 1. The Labute approximate surface area is 106 Å². The summed E-state index contributed by atoms with van der Waals surface area (Å²) in [7, 11) is 1.94. The highest BCUT2D eigenvalue weighted by Gasteiger charge is 2.10. The zero-order valence-electron chi connectivity index (χ0n) is 10.2. The number of nitrogens with zero attached hydrogens (tertiary/aromatic N) is 3. The fourth-order valence-electron chi connectivity index (χ4n) is 1.89.